The topological polar surface area (TPSA) is 107 Å². The van der Waals surface area contributed by atoms with Crippen LogP contribution in [0.5, 0.6) is 0 Å². The fraction of sp³-hybridized carbons (Fsp3) is 0.500. The third-order valence-corrected chi connectivity index (χ3v) is 3.57. The van der Waals surface area contributed by atoms with Gasteiger partial charge < -0.3 is 15.8 Å². The van der Waals surface area contributed by atoms with Crippen molar-refractivity contribution in [3.63, 3.8) is 0 Å². The number of hydrogen-bond acceptors (Lipinski definition) is 5. The Balaban J connectivity index is 2.78. The minimum absolute atomic E-state index is 0.0873. The molecule has 0 heterocycles. The fourth-order valence-electron chi connectivity index (χ4n) is 1.76. The lowest BCUT2D eigenvalue weighted by Crippen LogP contribution is -2.26. The number of nitrogens with one attached hydrogen (secondary N) is 1. The summed E-state index contributed by atoms with van der Waals surface area (Å²) in [5, 5.41) is 8.33. The highest BCUT2D eigenvalue weighted by atomic mass is 32.2. The van der Waals surface area contributed by atoms with Crippen molar-refractivity contribution in [2.45, 2.75) is 23.8 Å². The van der Waals surface area contributed by atoms with Crippen LogP contribution in [0.2, 0.25) is 0 Å². The zero-order chi connectivity index (χ0) is 14.3. The van der Waals surface area contributed by atoms with E-state index < -0.39 is 10.0 Å². The number of hydrogen-bond donors (Lipinski definition) is 3. The normalized spacial score (nSPS) is 13.2. The van der Waals surface area contributed by atoms with E-state index in [4.69, 9.17) is 15.6 Å². The van der Waals surface area contributed by atoms with Crippen LogP contribution in [-0.4, -0.2) is 34.7 Å². The summed E-state index contributed by atoms with van der Waals surface area (Å²) in [6.07, 6.45) is 1.72. The molecule has 0 radical (unpaired) electrons. The van der Waals surface area contributed by atoms with Gasteiger partial charge in [0, 0.05) is 18.8 Å². The van der Waals surface area contributed by atoms with Gasteiger partial charge in [0.15, 0.2) is 0 Å². The number of nitrogens with two attached hydrogens (primary N) is 2. The standard InChI is InChI=1S/C12H21N3O3S/c1-18-9-11(5-3-7-13)15-10-4-2-6-12(8-10)19(14,16)17/h2,4,6,8,11,15H,3,5,7,9,13H2,1H3,(H2,14,16,17). The Hall–Kier alpha value is -1.15. The fourth-order valence-corrected chi connectivity index (χ4v) is 2.32. The summed E-state index contributed by atoms with van der Waals surface area (Å²) in [6, 6.07) is 6.50. The minimum atomic E-state index is -3.68. The molecule has 1 aromatic rings. The summed E-state index contributed by atoms with van der Waals surface area (Å²) < 4.78 is 27.7. The van der Waals surface area contributed by atoms with Gasteiger partial charge in [-0.3, -0.25) is 0 Å². The van der Waals surface area contributed by atoms with E-state index in [0.29, 0.717) is 18.8 Å². The van der Waals surface area contributed by atoms with E-state index in [2.05, 4.69) is 5.32 Å². The number of methoxy groups -OCH3 is 1. The summed E-state index contributed by atoms with van der Waals surface area (Å²) in [4.78, 5) is 0.0903. The predicted molar refractivity (Wildman–Crippen MR) is 75.4 cm³/mol. The maximum atomic E-state index is 11.3. The highest BCUT2D eigenvalue weighted by Crippen LogP contribution is 2.16. The van der Waals surface area contributed by atoms with Crippen molar-refractivity contribution in [1.29, 1.82) is 0 Å². The van der Waals surface area contributed by atoms with Crippen molar-refractivity contribution in [2.24, 2.45) is 10.9 Å². The molecule has 0 aliphatic rings. The molecule has 19 heavy (non-hydrogen) atoms. The van der Waals surface area contributed by atoms with Crippen LogP contribution in [0.15, 0.2) is 29.2 Å². The van der Waals surface area contributed by atoms with E-state index in [1.54, 1.807) is 19.2 Å². The van der Waals surface area contributed by atoms with Gasteiger partial charge in [0.1, 0.15) is 0 Å². The second-order valence-electron chi connectivity index (χ2n) is 4.30. The van der Waals surface area contributed by atoms with Crippen molar-refractivity contribution < 1.29 is 13.2 Å². The lowest BCUT2D eigenvalue weighted by atomic mass is 10.1. The quantitative estimate of drug-likeness (QED) is 0.645. The second-order valence-corrected chi connectivity index (χ2v) is 5.86. The Morgan fingerprint density at radius 2 is 2.16 bits per heavy atom. The zero-order valence-corrected chi connectivity index (χ0v) is 11.8. The molecule has 0 aliphatic heterocycles. The van der Waals surface area contributed by atoms with E-state index >= 15 is 0 Å². The van der Waals surface area contributed by atoms with Gasteiger partial charge in [0.05, 0.1) is 11.5 Å². The molecule has 0 spiro atoms. The van der Waals surface area contributed by atoms with Crippen LogP contribution in [0, 0.1) is 0 Å². The Labute approximate surface area is 114 Å². The van der Waals surface area contributed by atoms with Crippen LogP contribution < -0.4 is 16.2 Å². The van der Waals surface area contributed by atoms with Crippen LogP contribution in [0.25, 0.3) is 0 Å². The molecule has 0 saturated carbocycles. The molecule has 0 bridgehead atoms. The first kappa shape index (κ1) is 15.9. The smallest absolute Gasteiger partial charge is 0.238 e. The maximum Gasteiger partial charge on any atom is 0.238 e. The average Bonchev–Trinajstić information content (AvgIpc) is 2.35. The number of benzene rings is 1. The van der Waals surface area contributed by atoms with Gasteiger partial charge >= 0.3 is 0 Å². The lowest BCUT2D eigenvalue weighted by Gasteiger charge is -2.19. The highest BCUT2D eigenvalue weighted by molar-refractivity contribution is 7.89. The molecule has 1 atom stereocenters. The first-order valence-electron chi connectivity index (χ1n) is 6.05. The number of ether oxygens (including phenoxy) is 1. The molecule has 0 aromatic heterocycles. The molecule has 108 valence electrons. The molecular weight excluding hydrogens is 266 g/mol. The third kappa shape index (κ3) is 5.56. The van der Waals surface area contributed by atoms with Gasteiger partial charge in [0.2, 0.25) is 10.0 Å². The number of sulfonamides is 1. The Kier molecular flexibility index (Phi) is 6.23. The number of primary sulfonamides is 1. The van der Waals surface area contributed by atoms with Crippen LogP contribution in [0.1, 0.15) is 12.8 Å². The van der Waals surface area contributed by atoms with E-state index in [1.807, 2.05) is 0 Å². The monoisotopic (exact) mass is 287 g/mol. The molecule has 0 amide bonds. The first-order chi connectivity index (χ1) is 8.97. The summed E-state index contributed by atoms with van der Waals surface area (Å²) in [5.74, 6) is 0. The van der Waals surface area contributed by atoms with Crippen molar-refractivity contribution in [2.75, 3.05) is 25.6 Å². The summed E-state index contributed by atoms with van der Waals surface area (Å²) in [6.45, 7) is 1.14. The zero-order valence-electron chi connectivity index (χ0n) is 11.0. The Bertz CT molecular complexity index is 491. The average molecular weight is 287 g/mol. The molecule has 5 N–H and O–H groups in total. The van der Waals surface area contributed by atoms with Gasteiger partial charge in [-0.1, -0.05) is 6.07 Å². The molecule has 0 saturated heterocycles. The molecule has 6 nitrogen and oxygen atoms in total. The van der Waals surface area contributed by atoms with E-state index in [1.165, 1.54) is 12.1 Å². The van der Waals surface area contributed by atoms with Crippen molar-refractivity contribution in [1.82, 2.24) is 0 Å². The van der Waals surface area contributed by atoms with Crippen LogP contribution >= 0.6 is 0 Å². The molecule has 1 unspecified atom stereocenters. The van der Waals surface area contributed by atoms with E-state index in [0.717, 1.165) is 12.8 Å². The lowest BCUT2D eigenvalue weighted by molar-refractivity contribution is 0.182. The molecule has 1 rings (SSSR count). The van der Waals surface area contributed by atoms with E-state index in [9.17, 15) is 8.42 Å². The van der Waals surface area contributed by atoms with Crippen molar-refractivity contribution in [3.05, 3.63) is 24.3 Å². The second kappa shape index (κ2) is 7.44. The molecule has 1 aromatic carbocycles. The molecule has 0 fully saturated rings. The molecule has 7 heteroatoms. The van der Waals surface area contributed by atoms with E-state index in [-0.39, 0.29) is 10.9 Å². The van der Waals surface area contributed by atoms with Gasteiger partial charge in [-0.2, -0.15) is 0 Å². The Morgan fingerprint density at radius 3 is 2.74 bits per heavy atom. The predicted octanol–water partition coefficient (Wildman–Crippen LogP) is 0.500. The van der Waals surface area contributed by atoms with Crippen LogP contribution in [0.3, 0.4) is 0 Å². The SMILES string of the molecule is COCC(CCCN)Nc1cccc(S(N)(=O)=O)c1. The van der Waals surface area contributed by atoms with Crippen LogP contribution in [0.4, 0.5) is 5.69 Å². The Morgan fingerprint density at radius 1 is 1.42 bits per heavy atom. The van der Waals surface area contributed by atoms with Crippen LogP contribution in [-0.2, 0) is 14.8 Å². The first-order valence-corrected chi connectivity index (χ1v) is 7.60. The van der Waals surface area contributed by atoms with Gasteiger partial charge in [-0.25, -0.2) is 13.6 Å². The van der Waals surface area contributed by atoms with Crippen molar-refractivity contribution in [3.8, 4) is 0 Å². The maximum absolute atomic E-state index is 11.3. The molecular formula is C12H21N3O3S. The summed E-state index contributed by atoms with van der Waals surface area (Å²) in [7, 11) is -2.06. The van der Waals surface area contributed by atoms with Gasteiger partial charge in [-0.15, -0.1) is 0 Å². The van der Waals surface area contributed by atoms with Crippen molar-refractivity contribution >= 4 is 15.7 Å². The minimum Gasteiger partial charge on any atom is -0.383 e. The van der Waals surface area contributed by atoms with Gasteiger partial charge in [0.25, 0.3) is 0 Å². The number of anilines is 1. The number of rotatable bonds is 8. The summed E-state index contributed by atoms with van der Waals surface area (Å²) >= 11 is 0. The highest BCUT2D eigenvalue weighted by Gasteiger charge is 2.11. The largest absolute Gasteiger partial charge is 0.383 e. The third-order valence-electron chi connectivity index (χ3n) is 2.66. The van der Waals surface area contributed by atoms with Gasteiger partial charge in [-0.05, 0) is 37.6 Å². The molecule has 0 aliphatic carbocycles. The summed E-state index contributed by atoms with van der Waals surface area (Å²) in [5.41, 5.74) is 6.18.